The molecule has 0 saturated carbocycles. The SMILES string of the molecule is C#CCCC1(CCC(=O)N2CCN(CCOC)[C@@H](C)C2)N=N1. The van der Waals surface area contributed by atoms with Crippen LogP contribution in [0.1, 0.15) is 32.6 Å². The summed E-state index contributed by atoms with van der Waals surface area (Å²) < 4.78 is 5.13. The van der Waals surface area contributed by atoms with Crippen LogP contribution in [0.2, 0.25) is 0 Å². The van der Waals surface area contributed by atoms with Gasteiger partial charge in [0.2, 0.25) is 5.91 Å². The van der Waals surface area contributed by atoms with Crippen LogP contribution in [0, 0.1) is 12.3 Å². The smallest absolute Gasteiger partial charge is 0.222 e. The molecule has 0 aromatic heterocycles. The number of hydrogen-bond acceptors (Lipinski definition) is 5. The molecule has 2 heterocycles. The molecule has 2 aliphatic heterocycles. The number of carbonyl (C=O) groups excluding carboxylic acids is 1. The standard InChI is InChI=1S/C16H26N4O2/c1-4-5-7-16(17-18-16)8-6-15(21)20-10-9-19(11-12-22-3)14(2)13-20/h1,14H,5-13H2,2-3H3/t14-/m0/s1. The van der Waals surface area contributed by atoms with Crippen molar-refractivity contribution >= 4 is 5.91 Å². The molecular formula is C16H26N4O2. The number of hydrogen-bond donors (Lipinski definition) is 0. The fraction of sp³-hybridized carbons (Fsp3) is 0.812. The van der Waals surface area contributed by atoms with Gasteiger partial charge in [-0.25, -0.2) is 0 Å². The molecule has 2 aliphatic rings. The van der Waals surface area contributed by atoms with Crippen molar-refractivity contribution in [2.75, 3.05) is 39.9 Å². The summed E-state index contributed by atoms with van der Waals surface area (Å²) >= 11 is 0. The van der Waals surface area contributed by atoms with Crippen LogP contribution in [-0.4, -0.2) is 67.3 Å². The minimum atomic E-state index is -0.353. The second-order valence-corrected chi connectivity index (χ2v) is 6.10. The number of rotatable bonds is 8. The van der Waals surface area contributed by atoms with Crippen LogP contribution in [0.4, 0.5) is 0 Å². The third-order valence-corrected chi connectivity index (χ3v) is 4.49. The first-order valence-corrected chi connectivity index (χ1v) is 7.98. The Bertz CT molecular complexity index is 452. The summed E-state index contributed by atoms with van der Waals surface area (Å²) in [6.07, 6.45) is 7.89. The summed E-state index contributed by atoms with van der Waals surface area (Å²) in [6, 6.07) is 0.374. The topological polar surface area (TPSA) is 57.5 Å². The average molecular weight is 306 g/mol. The third kappa shape index (κ3) is 4.52. The van der Waals surface area contributed by atoms with Crippen LogP contribution < -0.4 is 0 Å². The maximum Gasteiger partial charge on any atom is 0.222 e. The lowest BCUT2D eigenvalue weighted by atomic mass is 10.0. The van der Waals surface area contributed by atoms with Gasteiger partial charge >= 0.3 is 0 Å². The minimum absolute atomic E-state index is 0.204. The molecule has 0 aromatic rings. The predicted molar refractivity (Wildman–Crippen MR) is 84.4 cm³/mol. The van der Waals surface area contributed by atoms with E-state index in [4.69, 9.17) is 11.2 Å². The van der Waals surface area contributed by atoms with E-state index in [1.165, 1.54) is 0 Å². The molecule has 1 amide bonds. The van der Waals surface area contributed by atoms with Gasteiger partial charge in [-0.2, -0.15) is 10.2 Å². The lowest BCUT2D eigenvalue weighted by molar-refractivity contribution is -0.134. The van der Waals surface area contributed by atoms with Crippen molar-refractivity contribution in [3.8, 4) is 12.3 Å². The minimum Gasteiger partial charge on any atom is -0.383 e. The zero-order valence-electron chi connectivity index (χ0n) is 13.6. The predicted octanol–water partition coefficient (Wildman–Crippen LogP) is 1.52. The Kier molecular flexibility index (Phi) is 5.92. The van der Waals surface area contributed by atoms with Crippen molar-refractivity contribution in [1.29, 1.82) is 0 Å². The van der Waals surface area contributed by atoms with E-state index >= 15 is 0 Å². The molecule has 122 valence electrons. The molecule has 0 radical (unpaired) electrons. The van der Waals surface area contributed by atoms with E-state index < -0.39 is 0 Å². The van der Waals surface area contributed by atoms with E-state index in [1.54, 1.807) is 7.11 Å². The average Bonchev–Trinajstić information content (AvgIpc) is 3.30. The molecule has 0 spiro atoms. The van der Waals surface area contributed by atoms with Gasteiger partial charge in [0.15, 0.2) is 5.66 Å². The number of piperazine rings is 1. The molecule has 0 aliphatic carbocycles. The van der Waals surface area contributed by atoms with Gasteiger partial charge in [0.1, 0.15) is 0 Å². The summed E-state index contributed by atoms with van der Waals surface area (Å²) in [6.45, 7) is 6.31. The molecule has 0 unspecified atom stereocenters. The Hall–Kier alpha value is -1.45. The van der Waals surface area contributed by atoms with Gasteiger partial charge in [-0.05, 0) is 6.92 Å². The van der Waals surface area contributed by atoms with Gasteiger partial charge in [-0.15, -0.1) is 12.3 Å². The van der Waals surface area contributed by atoms with Gasteiger partial charge in [-0.3, -0.25) is 9.69 Å². The van der Waals surface area contributed by atoms with Crippen molar-refractivity contribution in [3.05, 3.63) is 0 Å². The second-order valence-electron chi connectivity index (χ2n) is 6.10. The van der Waals surface area contributed by atoms with Crippen molar-refractivity contribution in [2.45, 2.75) is 44.3 Å². The van der Waals surface area contributed by atoms with Gasteiger partial charge in [0.25, 0.3) is 0 Å². The Labute approximate surface area is 132 Å². The molecule has 6 heteroatoms. The van der Waals surface area contributed by atoms with E-state index in [2.05, 4.69) is 28.0 Å². The fourth-order valence-electron chi connectivity index (χ4n) is 2.90. The summed E-state index contributed by atoms with van der Waals surface area (Å²) in [7, 11) is 1.72. The zero-order valence-corrected chi connectivity index (χ0v) is 13.6. The van der Waals surface area contributed by atoms with Gasteiger partial charge in [-0.1, -0.05) is 0 Å². The highest BCUT2D eigenvalue weighted by atomic mass is 16.5. The van der Waals surface area contributed by atoms with E-state index in [9.17, 15) is 4.79 Å². The van der Waals surface area contributed by atoms with Gasteiger partial charge in [0, 0.05) is 65.0 Å². The van der Waals surface area contributed by atoms with Crippen LogP contribution in [0.3, 0.4) is 0 Å². The number of nitrogens with zero attached hydrogens (tertiary/aromatic N) is 4. The molecule has 22 heavy (non-hydrogen) atoms. The van der Waals surface area contributed by atoms with Crippen molar-refractivity contribution < 1.29 is 9.53 Å². The van der Waals surface area contributed by atoms with Crippen molar-refractivity contribution in [3.63, 3.8) is 0 Å². The summed E-state index contributed by atoms with van der Waals surface area (Å²) in [5.41, 5.74) is -0.353. The number of carbonyl (C=O) groups is 1. The zero-order chi connectivity index (χ0) is 16.0. The molecule has 1 fully saturated rings. The number of methoxy groups -OCH3 is 1. The number of amides is 1. The lowest BCUT2D eigenvalue weighted by Gasteiger charge is -2.39. The lowest BCUT2D eigenvalue weighted by Crippen LogP contribution is -2.54. The van der Waals surface area contributed by atoms with Crippen LogP contribution in [0.25, 0.3) is 0 Å². The quantitative estimate of drug-likeness (QED) is 0.639. The summed E-state index contributed by atoms with van der Waals surface area (Å²) in [5, 5.41) is 8.17. The highest BCUT2D eigenvalue weighted by Gasteiger charge is 2.40. The van der Waals surface area contributed by atoms with Crippen molar-refractivity contribution in [1.82, 2.24) is 9.80 Å². The fourth-order valence-corrected chi connectivity index (χ4v) is 2.90. The van der Waals surface area contributed by atoms with Crippen LogP contribution >= 0.6 is 0 Å². The Morgan fingerprint density at radius 2 is 2.18 bits per heavy atom. The molecule has 6 nitrogen and oxygen atoms in total. The molecular weight excluding hydrogens is 280 g/mol. The van der Waals surface area contributed by atoms with E-state index in [0.717, 1.165) is 39.2 Å². The molecule has 0 bridgehead atoms. The summed E-state index contributed by atoms with van der Waals surface area (Å²) in [4.78, 5) is 16.7. The van der Waals surface area contributed by atoms with Crippen molar-refractivity contribution in [2.24, 2.45) is 10.2 Å². The van der Waals surface area contributed by atoms with E-state index in [-0.39, 0.29) is 11.6 Å². The molecule has 0 N–H and O–H groups in total. The van der Waals surface area contributed by atoms with Gasteiger partial charge < -0.3 is 9.64 Å². The molecule has 1 atom stereocenters. The second kappa shape index (κ2) is 7.70. The van der Waals surface area contributed by atoms with E-state index in [0.29, 0.717) is 25.3 Å². The van der Waals surface area contributed by atoms with Crippen LogP contribution in [0.5, 0.6) is 0 Å². The Balaban J connectivity index is 1.72. The summed E-state index contributed by atoms with van der Waals surface area (Å²) in [5.74, 6) is 2.82. The maximum atomic E-state index is 12.4. The van der Waals surface area contributed by atoms with E-state index in [1.807, 2.05) is 4.90 Å². The first-order valence-electron chi connectivity index (χ1n) is 7.98. The third-order valence-electron chi connectivity index (χ3n) is 4.49. The van der Waals surface area contributed by atoms with Crippen LogP contribution in [0.15, 0.2) is 10.2 Å². The monoisotopic (exact) mass is 306 g/mol. The maximum absolute atomic E-state index is 12.4. The Morgan fingerprint density at radius 3 is 2.77 bits per heavy atom. The number of terminal acetylenes is 1. The first-order chi connectivity index (χ1) is 10.6. The molecule has 2 rings (SSSR count). The van der Waals surface area contributed by atoms with Crippen LogP contribution in [-0.2, 0) is 9.53 Å². The highest BCUT2D eigenvalue weighted by Crippen LogP contribution is 2.37. The number of ether oxygens (including phenoxy) is 1. The highest BCUT2D eigenvalue weighted by molar-refractivity contribution is 5.76. The molecule has 0 aromatic carbocycles. The van der Waals surface area contributed by atoms with Gasteiger partial charge in [0.05, 0.1) is 6.61 Å². The Morgan fingerprint density at radius 1 is 1.41 bits per heavy atom. The normalized spacial score (nSPS) is 23.3. The molecule has 1 saturated heterocycles. The largest absolute Gasteiger partial charge is 0.383 e. The first kappa shape index (κ1) is 16.9.